The standard InChI is InChI=1S/C20H23FN6OS/c21-12-8-24-13-2-1-3-14(17(12)13)29-19-18(23)26-16(9-25-19)27-6-4-20(5-7-27)11-28-10-15(20)22/h1-3,8-9,15,24H,4-7,10-11,22H2,(H2,23,26). The number of hydrogen-bond acceptors (Lipinski definition) is 7. The highest BCUT2D eigenvalue weighted by molar-refractivity contribution is 7.99. The summed E-state index contributed by atoms with van der Waals surface area (Å²) in [6.07, 6.45) is 5.05. The van der Waals surface area contributed by atoms with E-state index in [1.54, 1.807) is 6.20 Å². The Balaban J connectivity index is 1.34. The molecule has 5 rings (SSSR count). The molecule has 0 saturated carbocycles. The third-order valence-electron chi connectivity index (χ3n) is 6.13. The summed E-state index contributed by atoms with van der Waals surface area (Å²) in [5.74, 6) is 0.824. The largest absolute Gasteiger partial charge is 0.381 e. The molecule has 3 aromatic rings. The highest BCUT2D eigenvalue weighted by atomic mass is 32.2. The van der Waals surface area contributed by atoms with Crippen molar-refractivity contribution in [1.29, 1.82) is 0 Å². The van der Waals surface area contributed by atoms with Gasteiger partial charge in [0.05, 0.1) is 19.4 Å². The number of aromatic amines is 1. The van der Waals surface area contributed by atoms with Crippen LogP contribution in [0, 0.1) is 11.2 Å². The average molecular weight is 415 g/mol. The predicted molar refractivity (Wildman–Crippen MR) is 111 cm³/mol. The summed E-state index contributed by atoms with van der Waals surface area (Å²) in [7, 11) is 0. The van der Waals surface area contributed by atoms with Crippen molar-refractivity contribution in [2.45, 2.75) is 28.8 Å². The molecule has 2 fully saturated rings. The van der Waals surface area contributed by atoms with Crippen molar-refractivity contribution in [2.75, 3.05) is 36.9 Å². The number of fused-ring (bicyclic) bond motifs is 1. The second-order valence-corrected chi connectivity index (χ2v) is 8.84. The Morgan fingerprint density at radius 2 is 2.14 bits per heavy atom. The molecule has 9 heteroatoms. The summed E-state index contributed by atoms with van der Waals surface area (Å²) < 4.78 is 19.7. The lowest BCUT2D eigenvalue weighted by molar-refractivity contribution is 0.131. The van der Waals surface area contributed by atoms with E-state index in [9.17, 15) is 4.39 Å². The number of nitrogens with zero attached hydrogens (tertiary/aromatic N) is 3. The fourth-order valence-electron chi connectivity index (χ4n) is 4.28. The molecule has 1 unspecified atom stereocenters. The summed E-state index contributed by atoms with van der Waals surface area (Å²) in [4.78, 5) is 15.0. The number of benzene rings is 1. The zero-order valence-corrected chi connectivity index (χ0v) is 16.7. The van der Waals surface area contributed by atoms with Crippen molar-refractivity contribution in [3.05, 3.63) is 36.4 Å². The van der Waals surface area contributed by atoms with Crippen molar-refractivity contribution in [3.8, 4) is 0 Å². The Kier molecular flexibility index (Phi) is 4.60. The molecule has 2 aliphatic heterocycles. The highest BCUT2D eigenvalue weighted by Crippen LogP contribution is 2.40. The van der Waals surface area contributed by atoms with Gasteiger partial charge in [0.1, 0.15) is 16.7 Å². The molecule has 7 nitrogen and oxygen atoms in total. The summed E-state index contributed by atoms with van der Waals surface area (Å²) in [6.45, 7) is 3.09. The molecule has 5 N–H and O–H groups in total. The zero-order chi connectivity index (χ0) is 20.0. The summed E-state index contributed by atoms with van der Waals surface area (Å²) in [6, 6.07) is 5.68. The first-order valence-corrected chi connectivity index (χ1v) is 10.5. The fraction of sp³-hybridized carbons (Fsp3) is 0.400. The molecular weight excluding hydrogens is 391 g/mol. The predicted octanol–water partition coefficient (Wildman–Crippen LogP) is 2.77. The number of rotatable bonds is 3. The SMILES string of the molecule is Nc1nc(N2CCC3(CC2)COCC3N)cnc1Sc1cccc2[nH]cc(F)c12. The number of H-pyrrole nitrogens is 1. The first-order valence-electron chi connectivity index (χ1n) is 9.70. The van der Waals surface area contributed by atoms with Crippen molar-refractivity contribution in [3.63, 3.8) is 0 Å². The van der Waals surface area contributed by atoms with Gasteiger partial charge in [0.15, 0.2) is 5.82 Å². The maximum atomic E-state index is 14.1. The van der Waals surface area contributed by atoms with Crippen LogP contribution >= 0.6 is 11.8 Å². The van der Waals surface area contributed by atoms with E-state index in [0.29, 0.717) is 22.8 Å². The van der Waals surface area contributed by atoms with Crippen LogP contribution in [0.3, 0.4) is 0 Å². The fourth-order valence-corrected chi connectivity index (χ4v) is 5.20. The van der Waals surface area contributed by atoms with Crippen LogP contribution in [0.2, 0.25) is 0 Å². The van der Waals surface area contributed by atoms with Crippen LogP contribution in [-0.2, 0) is 4.74 Å². The van der Waals surface area contributed by atoms with E-state index in [-0.39, 0.29) is 17.3 Å². The number of halogens is 1. The minimum atomic E-state index is -0.289. The molecule has 1 spiro atoms. The van der Waals surface area contributed by atoms with E-state index in [1.807, 2.05) is 18.2 Å². The minimum Gasteiger partial charge on any atom is -0.381 e. The monoisotopic (exact) mass is 414 g/mol. The van der Waals surface area contributed by atoms with Gasteiger partial charge in [-0.3, -0.25) is 0 Å². The molecule has 29 heavy (non-hydrogen) atoms. The van der Waals surface area contributed by atoms with Crippen LogP contribution in [0.1, 0.15) is 12.8 Å². The lowest BCUT2D eigenvalue weighted by atomic mass is 9.75. The number of nitrogens with two attached hydrogens (primary N) is 2. The zero-order valence-electron chi connectivity index (χ0n) is 15.9. The van der Waals surface area contributed by atoms with Crippen LogP contribution < -0.4 is 16.4 Å². The third-order valence-corrected chi connectivity index (χ3v) is 7.20. The smallest absolute Gasteiger partial charge is 0.158 e. The summed E-state index contributed by atoms with van der Waals surface area (Å²) in [5.41, 5.74) is 13.3. The molecule has 2 aliphatic rings. The van der Waals surface area contributed by atoms with Crippen LogP contribution in [0.4, 0.5) is 16.0 Å². The van der Waals surface area contributed by atoms with Crippen molar-refractivity contribution in [1.82, 2.24) is 15.0 Å². The van der Waals surface area contributed by atoms with E-state index in [4.69, 9.17) is 16.2 Å². The van der Waals surface area contributed by atoms with Gasteiger partial charge in [-0.05, 0) is 25.0 Å². The molecule has 1 atom stereocenters. The maximum absolute atomic E-state index is 14.1. The normalized spacial score (nSPS) is 21.3. The summed E-state index contributed by atoms with van der Waals surface area (Å²) in [5, 5.41) is 1.11. The number of piperidine rings is 1. The molecule has 1 aromatic carbocycles. The van der Waals surface area contributed by atoms with Crippen molar-refractivity contribution >= 4 is 34.3 Å². The van der Waals surface area contributed by atoms with Crippen LogP contribution in [0.15, 0.2) is 40.5 Å². The van der Waals surface area contributed by atoms with E-state index >= 15 is 0 Å². The Hall–Kier alpha value is -2.36. The maximum Gasteiger partial charge on any atom is 0.158 e. The molecule has 0 aliphatic carbocycles. The van der Waals surface area contributed by atoms with Gasteiger partial charge in [-0.2, -0.15) is 0 Å². The van der Waals surface area contributed by atoms with Crippen LogP contribution in [-0.4, -0.2) is 47.3 Å². The average Bonchev–Trinajstić information content (AvgIpc) is 3.28. The van der Waals surface area contributed by atoms with Crippen molar-refractivity contribution in [2.24, 2.45) is 11.1 Å². The molecule has 0 bridgehead atoms. The molecular formula is C20H23FN6OS. The van der Waals surface area contributed by atoms with Gasteiger partial charge < -0.3 is 26.1 Å². The van der Waals surface area contributed by atoms with Gasteiger partial charge >= 0.3 is 0 Å². The van der Waals surface area contributed by atoms with E-state index in [1.165, 1.54) is 18.0 Å². The van der Waals surface area contributed by atoms with E-state index in [0.717, 1.165) is 48.8 Å². The lowest BCUT2D eigenvalue weighted by Crippen LogP contribution is -2.49. The number of hydrogen-bond donors (Lipinski definition) is 3. The van der Waals surface area contributed by atoms with Gasteiger partial charge in [-0.25, -0.2) is 14.4 Å². The molecule has 0 amide bonds. The van der Waals surface area contributed by atoms with Gasteiger partial charge in [-0.15, -0.1) is 0 Å². The van der Waals surface area contributed by atoms with Crippen LogP contribution in [0.5, 0.6) is 0 Å². The van der Waals surface area contributed by atoms with Gasteiger partial charge in [0.2, 0.25) is 0 Å². The second-order valence-electron chi connectivity index (χ2n) is 7.81. The van der Waals surface area contributed by atoms with Crippen molar-refractivity contribution < 1.29 is 9.13 Å². The third kappa shape index (κ3) is 3.23. The molecule has 2 aromatic heterocycles. The number of nitrogen functional groups attached to an aromatic ring is 1. The van der Waals surface area contributed by atoms with E-state index < -0.39 is 0 Å². The first-order chi connectivity index (χ1) is 14.1. The van der Waals surface area contributed by atoms with E-state index in [2.05, 4.69) is 19.9 Å². The molecule has 4 heterocycles. The molecule has 152 valence electrons. The minimum absolute atomic E-state index is 0.0879. The highest BCUT2D eigenvalue weighted by Gasteiger charge is 2.44. The Morgan fingerprint density at radius 1 is 1.31 bits per heavy atom. The lowest BCUT2D eigenvalue weighted by Gasteiger charge is -2.41. The number of ether oxygens (including phenoxy) is 1. The number of anilines is 2. The Labute approximate surface area is 172 Å². The summed E-state index contributed by atoms with van der Waals surface area (Å²) >= 11 is 1.32. The Morgan fingerprint density at radius 3 is 2.86 bits per heavy atom. The topological polar surface area (TPSA) is 106 Å². The van der Waals surface area contributed by atoms with Crippen LogP contribution in [0.25, 0.3) is 10.9 Å². The van der Waals surface area contributed by atoms with Gasteiger partial charge in [-0.1, -0.05) is 17.8 Å². The van der Waals surface area contributed by atoms with Gasteiger partial charge in [0, 0.05) is 46.5 Å². The van der Waals surface area contributed by atoms with Gasteiger partial charge in [0.25, 0.3) is 0 Å². The quantitative estimate of drug-likeness (QED) is 0.605. The molecule has 2 saturated heterocycles. The second kappa shape index (κ2) is 7.16. The first kappa shape index (κ1) is 18.7. The Bertz CT molecular complexity index is 1050. The molecule has 0 radical (unpaired) electrons. The number of aromatic nitrogens is 3. The number of nitrogens with one attached hydrogen (secondary N) is 1.